The van der Waals surface area contributed by atoms with E-state index >= 15 is 0 Å². The monoisotopic (exact) mass is 387 g/mol. The van der Waals surface area contributed by atoms with Gasteiger partial charge in [-0.05, 0) is 26.0 Å². The fourth-order valence-corrected chi connectivity index (χ4v) is 3.41. The molecule has 0 aliphatic rings. The van der Waals surface area contributed by atoms with E-state index in [0.717, 1.165) is 5.52 Å². The van der Waals surface area contributed by atoms with Crippen LogP contribution in [0.2, 0.25) is 5.02 Å². The van der Waals surface area contributed by atoms with E-state index in [0.29, 0.717) is 27.6 Å². The van der Waals surface area contributed by atoms with E-state index in [1.807, 2.05) is 26.0 Å². The van der Waals surface area contributed by atoms with E-state index < -0.39 is 0 Å². The summed E-state index contributed by atoms with van der Waals surface area (Å²) in [5.41, 5.74) is 1.86. The zero-order chi connectivity index (χ0) is 19.3. The average Bonchev–Trinajstić information content (AvgIpc) is 3.29. The Morgan fingerprint density at radius 3 is 2.74 bits per heavy atom. The standard InChI is InChI=1S/C18H18ClN5O3/c1-9(2)24-14-11(19)5-4-6-12(14)23-8-20-13(15(23)18(24)26)16-21-17(27-22-16)10(3)7-25/h4-6,8-10,25H,7H2,1-3H3. The largest absolute Gasteiger partial charge is 0.396 e. The fraction of sp³-hybridized carbons (Fsp3) is 0.333. The predicted molar refractivity (Wildman–Crippen MR) is 101 cm³/mol. The number of benzene rings is 1. The van der Waals surface area contributed by atoms with Gasteiger partial charge in [-0.2, -0.15) is 4.98 Å². The molecule has 4 aromatic rings. The quantitative estimate of drug-likeness (QED) is 0.578. The Morgan fingerprint density at radius 1 is 1.26 bits per heavy atom. The molecule has 3 aromatic heterocycles. The van der Waals surface area contributed by atoms with Crippen LogP contribution in [0.1, 0.15) is 38.6 Å². The number of rotatable bonds is 4. The van der Waals surface area contributed by atoms with Crippen LogP contribution >= 0.6 is 11.6 Å². The molecule has 8 nitrogen and oxygen atoms in total. The zero-order valence-electron chi connectivity index (χ0n) is 15.0. The molecular weight excluding hydrogens is 370 g/mol. The number of nitrogens with zero attached hydrogens (tertiary/aromatic N) is 5. The summed E-state index contributed by atoms with van der Waals surface area (Å²) in [5.74, 6) is 0.204. The van der Waals surface area contributed by atoms with Gasteiger partial charge in [-0.1, -0.05) is 29.7 Å². The van der Waals surface area contributed by atoms with Crippen molar-refractivity contribution in [1.82, 2.24) is 24.1 Å². The molecule has 0 aliphatic heterocycles. The molecular formula is C18H18ClN5O3. The lowest BCUT2D eigenvalue weighted by atomic mass is 10.2. The molecule has 1 unspecified atom stereocenters. The van der Waals surface area contributed by atoms with Gasteiger partial charge in [0.25, 0.3) is 5.56 Å². The van der Waals surface area contributed by atoms with Crippen LogP contribution in [0.15, 0.2) is 33.8 Å². The minimum absolute atomic E-state index is 0.108. The topological polar surface area (TPSA) is 98.5 Å². The van der Waals surface area contributed by atoms with Gasteiger partial charge in [-0.25, -0.2) is 4.98 Å². The third kappa shape index (κ3) is 2.64. The van der Waals surface area contributed by atoms with Crippen LogP contribution in [0.3, 0.4) is 0 Å². The van der Waals surface area contributed by atoms with Crippen molar-refractivity contribution in [3.05, 3.63) is 45.8 Å². The molecule has 0 spiro atoms. The molecule has 0 bridgehead atoms. The summed E-state index contributed by atoms with van der Waals surface area (Å²) in [7, 11) is 0. The number of aliphatic hydroxyl groups excluding tert-OH is 1. The first-order valence-electron chi connectivity index (χ1n) is 8.58. The first-order chi connectivity index (χ1) is 12.9. The summed E-state index contributed by atoms with van der Waals surface area (Å²) >= 11 is 6.40. The van der Waals surface area contributed by atoms with Crippen LogP contribution < -0.4 is 5.56 Å². The number of halogens is 1. The maximum atomic E-state index is 13.3. The van der Waals surface area contributed by atoms with Gasteiger partial charge in [-0.3, -0.25) is 9.20 Å². The van der Waals surface area contributed by atoms with Crippen molar-refractivity contribution in [2.75, 3.05) is 6.61 Å². The van der Waals surface area contributed by atoms with Crippen molar-refractivity contribution >= 4 is 28.2 Å². The predicted octanol–water partition coefficient (Wildman–Crippen LogP) is 3.03. The van der Waals surface area contributed by atoms with Crippen molar-refractivity contribution in [2.45, 2.75) is 32.7 Å². The smallest absolute Gasteiger partial charge is 0.278 e. The molecule has 0 radical (unpaired) electrons. The third-order valence-corrected chi connectivity index (χ3v) is 4.83. The third-order valence-electron chi connectivity index (χ3n) is 4.52. The summed E-state index contributed by atoms with van der Waals surface area (Å²) in [6.07, 6.45) is 1.56. The summed E-state index contributed by atoms with van der Waals surface area (Å²) in [4.78, 5) is 22.0. The summed E-state index contributed by atoms with van der Waals surface area (Å²) in [5, 5.41) is 13.7. The van der Waals surface area contributed by atoms with E-state index in [1.165, 1.54) is 0 Å². The highest BCUT2D eigenvalue weighted by Crippen LogP contribution is 2.28. The maximum Gasteiger partial charge on any atom is 0.278 e. The van der Waals surface area contributed by atoms with Gasteiger partial charge >= 0.3 is 0 Å². The Balaban J connectivity index is 2.07. The molecule has 0 amide bonds. The molecule has 0 saturated heterocycles. The molecule has 1 atom stereocenters. The lowest BCUT2D eigenvalue weighted by Crippen LogP contribution is -2.25. The van der Waals surface area contributed by atoms with Crippen molar-refractivity contribution in [2.24, 2.45) is 0 Å². The van der Waals surface area contributed by atoms with E-state index in [9.17, 15) is 9.90 Å². The number of hydrogen-bond donors (Lipinski definition) is 1. The van der Waals surface area contributed by atoms with Gasteiger partial charge in [0.1, 0.15) is 17.5 Å². The van der Waals surface area contributed by atoms with Crippen LogP contribution in [0.25, 0.3) is 28.1 Å². The molecule has 1 N–H and O–H groups in total. The first kappa shape index (κ1) is 17.7. The molecule has 0 saturated carbocycles. The van der Waals surface area contributed by atoms with Crippen LogP contribution in [0.4, 0.5) is 0 Å². The van der Waals surface area contributed by atoms with E-state index in [4.69, 9.17) is 16.1 Å². The van der Waals surface area contributed by atoms with Gasteiger partial charge in [-0.15, -0.1) is 0 Å². The van der Waals surface area contributed by atoms with E-state index in [-0.39, 0.29) is 30.0 Å². The van der Waals surface area contributed by atoms with Crippen LogP contribution in [-0.4, -0.2) is 35.8 Å². The highest BCUT2D eigenvalue weighted by Gasteiger charge is 2.23. The number of para-hydroxylation sites is 1. The number of aliphatic hydroxyl groups is 1. The average molecular weight is 388 g/mol. The van der Waals surface area contributed by atoms with Gasteiger partial charge in [0.2, 0.25) is 11.7 Å². The van der Waals surface area contributed by atoms with Crippen LogP contribution in [0.5, 0.6) is 0 Å². The molecule has 4 rings (SSSR count). The van der Waals surface area contributed by atoms with Gasteiger partial charge < -0.3 is 14.2 Å². The molecule has 3 heterocycles. The summed E-state index contributed by atoms with van der Waals surface area (Å²) < 4.78 is 8.56. The lowest BCUT2D eigenvalue weighted by Gasteiger charge is -2.16. The molecule has 1 aromatic carbocycles. The second kappa shape index (κ2) is 6.47. The minimum atomic E-state index is -0.299. The normalized spacial score (nSPS) is 13.1. The SMILES string of the molecule is CC(CO)c1nc(-c2ncn3c2c(=O)n(C(C)C)c2c(Cl)cccc23)no1. The Hall–Kier alpha value is -2.71. The van der Waals surface area contributed by atoms with Gasteiger partial charge in [0, 0.05) is 6.04 Å². The second-order valence-electron chi connectivity index (χ2n) is 6.73. The van der Waals surface area contributed by atoms with Crippen molar-refractivity contribution < 1.29 is 9.63 Å². The first-order valence-corrected chi connectivity index (χ1v) is 8.96. The number of hydrogen-bond acceptors (Lipinski definition) is 6. The summed E-state index contributed by atoms with van der Waals surface area (Å²) in [6.45, 7) is 5.50. The minimum Gasteiger partial charge on any atom is -0.396 e. The van der Waals surface area contributed by atoms with Crippen molar-refractivity contribution in [3.8, 4) is 11.5 Å². The van der Waals surface area contributed by atoms with Gasteiger partial charge in [0.15, 0.2) is 0 Å². The Morgan fingerprint density at radius 2 is 2.04 bits per heavy atom. The zero-order valence-corrected chi connectivity index (χ0v) is 15.8. The van der Waals surface area contributed by atoms with E-state index in [1.54, 1.807) is 28.3 Å². The van der Waals surface area contributed by atoms with Crippen LogP contribution in [0, 0.1) is 0 Å². The fourth-order valence-electron chi connectivity index (χ4n) is 3.15. The lowest BCUT2D eigenvalue weighted by molar-refractivity contribution is 0.242. The van der Waals surface area contributed by atoms with Gasteiger partial charge in [0.05, 0.1) is 28.6 Å². The Labute approximate surface area is 159 Å². The molecule has 27 heavy (non-hydrogen) atoms. The number of aromatic nitrogens is 5. The van der Waals surface area contributed by atoms with Crippen LogP contribution in [-0.2, 0) is 0 Å². The second-order valence-corrected chi connectivity index (χ2v) is 7.14. The number of fused-ring (bicyclic) bond motifs is 3. The molecule has 9 heteroatoms. The Bertz CT molecular complexity index is 1210. The molecule has 0 fully saturated rings. The molecule has 0 aliphatic carbocycles. The van der Waals surface area contributed by atoms with Crippen molar-refractivity contribution in [3.63, 3.8) is 0 Å². The van der Waals surface area contributed by atoms with Crippen molar-refractivity contribution in [1.29, 1.82) is 0 Å². The van der Waals surface area contributed by atoms with E-state index in [2.05, 4.69) is 15.1 Å². The molecule has 140 valence electrons. The highest BCUT2D eigenvalue weighted by atomic mass is 35.5. The number of imidazole rings is 1. The Kier molecular flexibility index (Phi) is 4.24. The highest BCUT2D eigenvalue weighted by molar-refractivity contribution is 6.35. The summed E-state index contributed by atoms with van der Waals surface area (Å²) in [6, 6.07) is 5.36. The maximum absolute atomic E-state index is 13.3.